The van der Waals surface area contributed by atoms with Crippen LogP contribution in [0.15, 0.2) is 12.2 Å². The Kier molecular flexibility index (Phi) is 6.96. The Morgan fingerprint density at radius 1 is 0.850 bits per heavy atom. The predicted molar refractivity (Wildman–Crippen MR) is 160 cm³/mol. The summed E-state index contributed by atoms with van der Waals surface area (Å²) in [4.78, 5) is 19.2. The second-order valence-electron chi connectivity index (χ2n) is 16.7. The van der Waals surface area contributed by atoms with Crippen LogP contribution in [-0.2, 0) is 4.79 Å². The second-order valence-corrected chi connectivity index (χ2v) is 16.7. The number of piperazine rings is 1. The van der Waals surface area contributed by atoms with Crippen LogP contribution in [0.5, 0.6) is 0 Å². The lowest BCUT2D eigenvalue weighted by Gasteiger charge is -2.73. The van der Waals surface area contributed by atoms with Crippen molar-refractivity contribution in [3.8, 4) is 0 Å². The van der Waals surface area contributed by atoms with E-state index in [1.54, 1.807) is 0 Å². The van der Waals surface area contributed by atoms with Gasteiger partial charge in [0.25, 0.3) is 0 Å². The highest BCUT2D eigenvalue weighted by atomic mass is 16.3. The van der Waals surface area contributed by atoms with Crippen LogP contribution in [0.25, 0.3) is 0 Å². The molecule has 226 valence electrons. The van der Waals surface area contributed by atoms with Gasteiger partial charge in [-0.3, -0.25) is 4.79 Å². The zero-order chi connectivity index (χ0) is 28.9. The van der Waals surface area contributed by atoms with Crippen molar-refractivity contribution in [2.75, 3.05) is 39.8 Å². The van der Waals surface area contributed by atoms with Crippen LogP contribution in [0.3, 0.4) is 0 Å². The Morgan fingerprint density at radius 3 is 2.20 bits per heavy atom. The van der Waals surface area contributed by atoms with Crippen molar-refractivity contribution >= 4 is 5.91 Å². The molecule has 0 bridgehead atoms. The largest absolute Gasteiger partial charge is 0.396 e. The summed E-state index contributed by atoms with van der Waals surface area (Å²) >= 11 is 0. The highest BCUT2D eigenvalue weighted by molar-refractivity contribution is 5.84. The van der Waals surface area contributed by atoms with Crippen molar-refractivity contribution in [1.29, 1.82) is 0 Å². The molecule has 4 unspecified atom stereocenters. The first-order valence-electron chi connectivity index (χ1n) is 16.7. The minimum Gasteiger partial charge on any atom is -0.396 e. The van der Waals surface area contributed by atoms with Crippen molar-refractivity contribution in [3.05, 3.63) is 12.2 Å². The number of carbonyl (C=O) groups is 1. The molecule has 5 saturated carbocycles. The first-order valence-corrected chi connectivity index (χ1v) is 16.7. The van der Waals surface area contributed by atoms with E-state index in [-0.39, 0.29) is 28.3 Å². The average molecular weight is 555 g/mol. The van der Waals surface area contributed by atoms with E-state index >= 15 is 0 Å². The predicted octanol–water partition coefficient (Wildman–Crippen LogP) is 5.75. The van der Waals surface area contributed by atoms with Crippen LogP contribution >= 0.6 is 0 Å². The van der Waals surface area contributed by atoms with Crippen LogP contribution in [0, 0.1) is 56.7 Å². The molecule has 6 fully saturated rings. The van der Waals surface area contributed by atoms with Gasteiger partial charge in [0.2, 0.25) is 5.91 Å². The SMILES string of the molecule is C=C(C)[C@@H]1CC[C@]2(C(=O)N3CCN(C)CC3)CC[C@]3(C)C(CCC4[C@@]5(C)CC[C@H](O)[C@@](C)(CO)C5CC[C@]43C)C12. The third kappa shape index (κ3) is 3.65. The molecular formula is C35H58N2O3. The minimum absolute atomic E-state index is 0.0804. The standard InChI is InChI=1S/C35H58N2O3/c1-23(2)24-10-15-35(30(40)37-20-18-36(7)19-21-37)17-16-33(5)25(29(24)35)8-9-27-31(3)13-12-28(39)32(4,22-38)26(31)11-14-34(27,33)6/h24-29,38-39H,1,8-22H2,2-7H3/t24-,25?,26?,27?,28-,29?,31-,32-,33+,34+,35-/m0/s1. The number of fused-ring (bicyclic) bond motifs is 7. The molecule has 1 aliphatic heterocycles. The number of hydrogen-bond acceptors (Lipinski definition) is 4. The zero-order valence-electron chi connectivity index (χ0n) is 26.5. The molecule has 5 nitrogen and oxygen atoms in total. The molecule has 1 heterocycles. The topological polar surface area (TPSA) is 64.0 Å². The van der Waals surface area contributed by atoms with Gasteiger partial charge in [0.05, 0.1) is 18.1 Å². The lowest BCUT2D eigenvalue weighted by atomic mass is 9.32. The summed E-state index contributed by atoms with van der Waals surface area (Å²) in [6.45, 7) is 20.5. The van der Waals surface area contributed by atoms with Gasteiger partial charge in [0.15, 0.2) is 0 Å². The molecule has 6 aliphatic rings. The Labute approximate surface area is 244 Å². The molecule has 0 aromatic carbocycles. The Hall–Kier alpha value is -0.910. The summed E-state index contributed by atoms with van der Waals surface area (Å²) in [6, 6.07) is 0. The number of carbonyl (C=O) groups excluding carboxylic acids is 1. The number of nitrogens with zero attached hydrogens (tertiary/aromatic N) is 2. The van der Waals surface area contributed by atoms with Crippen LogP contribution in [0.4, 0.5) is 0 Å². The molecular weight excluding hydrogens is 496 g/mol. The van der Waals surface area contributed by atoms with E-state index < -0.39 is 11.5 Å². The van der Waals surface area contributed by atoms with Gasteiger partial charge in [-0.25, -0.2) is 0 Å². The number of allylic oxidation sites excluding steroid dienone is 1. The summed E-state index contributed by atoms with van der Waals surface area (Å²) < 4.78 is 0. The first-order chi connectivity index (χ1) is 18.8. The number of aliphatic hydroxyl groups is 2. The molecule has 6 rings (SSSR count). The fraction of sp³-hybridized carbons (Fsp3) is 0.914. The molecule has 1 saturated heterocycles. The van der Waals surface area contributed by atoms with Gasteiger partial charge in [0, 0.05) is 31.6 Å². The number of likely N-dealkylation sites (N-methyl/N-ethyl adjacent to an activating group) is 1. The number of hydrogen-bond donors (Lipinski definition) is 2. The quantitative estimate of drug-likeness (QED) is 0.436. The Bertz CT molecular complexity index is 1040. The van der Waals surface area contributed by atoms with Gasteiger partial charge < -0.3 is 20.0 Å². The maximum Gasteiger partial charge on any atom is 0.229 e. The van der Waals surface area contributed by atoms with E-state index in [0.717, 1.165) is 71.1 Å². The molecule has 1 amide bonds. The van der Waals surface area contributed by atoms with Crippen molar-refractivity contribution in [2.45, 2.75) is 105 Å². The third-order valence-electron chi connectivity index (χ3n) is 15.4. The molecule has 0 aromatic rings. The van der Waals surface area contributed by atoms with E-state index in [1.165, 1.54) is 24.8 Å². The van der Waals surface area contributed by atoms with Gasteiger partial charge in [-0.1, -0.05) is 39.8 Å². The second kappa shape index (κ2) is 9.55. The normalized spacial score (nSPS) is 52.8. The highest BCUT2D eigenvalue weighted by Crippen LogP contribution is 2.77. The van der Waals surface area contributed by atoms with Crippen LogP contribution in [-0.4, -0.2) is 71.9 Å². The smallest absolute Gasteiger partial charge is 0.229 e. The monoisotopic (exact) mass is 554 g/mol. The van der Waals surface area contributed by atoms with Crippen LogP contribution < -0.4 is 0 Å². The van der Waals surface area contributed by atoms with Crippen LogP contribution in [0.2, 0.25) is 0 Å². The molecule has 0 radical (unpaired) electrons. The van der Waals surface area contributed by atoms with E-state index in [2.05, 4.69) is 58.0 Å². The van der Waals surface area contributed by atoms with Crippen molar-refractivity contribution in [1.82, 2.24) is 9.80 Å². The molecule has 0 aromatic heterocycles. The highest BCUT2D eigenvalue weighted by Gasteiger charge is 2.72. The average Bonchev–Trinajstić information content (AvgIpc) is 3.33. The van der Waals surface area contributed by atoms with Gasteiger partial charge >= 0.3 is 0 Å². The van der Waals surface area contributed by atoms with Gasteiger partial charge in [-0.2, -0.15) is 0 Å². The van der Waals surface area contributed by atoms with Crippen molar-refractivity contribution in [3.63, 3.8) is 0 Å². The maximum atomic E-state index is 14.6. The van der Waals surface area contributed by atoms with Gasteiger partial charge in [-0.15, -0.1) is 0 Å². The van der Waals surface area contributed by atoms with Crippen molar-refractivity contribution in [2.24, 2.45) is 56.7 Å². The fourth-order valence-electron chi connectivity index (χ4n) is 12.9. The lowest BCUT2D eigenvalue weighted by Crippen LogP contribution is -2.68. The molecule has 5 aliphatic carbocycles. The molecule has 40 heavy (non-hydrogen) atoms. The summed E-state index contributed by atoms with van der Waals surface area (Å²) in [5, 5.41) is 21.6. The fourth-order valence-corrected chi connectivity index (χ4v) is 12.9. The molecule has 2 N–H and O–H groups in total. The maximum absolute atomic E-state index is 14.6. The summed E-state index contributed by atoms with van der Waals surface area (Å²) in [7, 11) is 2.17. The Balaban J connectivity index is 1.37. The van der Waals surface area contributed by atoms with Crippen molar-refractivity contribution < 1.29 is 15.0 Å². The number of amides is 1. The molecule has 5 heteroatoms. The summed E-state index contributed by atoms with van der Waals surface area (Å²) in [5.41, 5.74) is 1.24. The number of aliphatic hydroxyl groups excluding tert-OH is 2. The van der Waals surface area contributed by atoms with E-state index in [0.29, 0.717) is 35.5 Å². The van der Waals surface area contributed by atoms with E-state index in [9.17, 15) is 15.0 Å². The summed E-state index contributed by atoms with van der Waals surface area (Å²) in [6.07, 6.45) is 10.5. The zero-order valence-corrected chi connectivity index (χ0v) is 26.5. The lowest BCUT2D eigenvalue weighted by molar-refractivity contribution is -0.253. The van der Waals surface area contributed by atoms with Crippen LogP contribution in [0.1, 0.15) is 98.8 Å². The number of rotatable bonds is 3. The van der Waals surface area contributed by atoms with E-state index in [1.807, 2.05) is 0 Å². The van der Waals surface area contributed by atoms with E-state index in [4.69, 9.17) is 0 Å². The third-order valence-corrected chi connectivity index (χ3v) is 15.4. The molecule has 0 spiro atoms. The van der Waals surface area contributed by atoms with Gasteiger partial charge in [0.1, 0.15) is 0 Å². The Morgan fingerprint density at radius 2 is 1.55 bits per heavy atom. The summed E-state index contributed by atoms with van der Waals surface area (Å²) in [5.74, 6) is 2.86. The minimum atomic E-state index is -0.405. The van der Waals surface area contributed by atoms with Gasteiger partial charge in [-0.05, 0) is 124 Å². The first kappa shape index (κ1) is 29.2. The molecule has 11 atom stereocenters.